The minimum atomic E-state index is -0.755. The van der Waals surface area contributed by atoms with Crippen LogP contribution in [0, 0.1) is 15.9 Å². The molecule has 0 heterocycles. The summed E-state index contributed by atoms with van der Waals surface area (Å²) in [7, 11) is 0. The van der Waals surface area contributed by atoms with Gasteiger partial charge in [0, 0.05) is 0 Å². The summed E-state index contributed by atoms with van der Waals surface area (Å²) in [5.41, 5.74) is 4.81. The van der Waals surface area contributed by atoms with Gasteiger partial charge in [0.2, 0.25) is 5.17 Å². The van der Waals surface area contributed by atoms with Crippen LogP contribution in [0.1, 0.15) is 0 Å². The minimum absolute atomic E-state index is 0.299. The molecule has 0 radical (unpaired) electrons. The van der Waals surface area contributed by atoms with E-state index in [1.807, 2.05) is 0 Å². The molecule has 5 nitrogen and oxygen atoms in total. The maximum absolute atomic E-state index is 12.6. The topological polar surface area (TPSA) is 81.5 Å². The number of nitro groups is 1. The van der Waals surface area contributed by atoms with E-state index in [1.54, 1.807) is 0 Å². The Bertz CT molecular complexity index is 456. The molecule has 0 saturated heterocycles. The Labute approximate surface area is 95.2 Å². The molecule has 0 aliphatic carbocycles. The van der Waals surface area contributed by atoms with Crippen LogP contribution >= 0.6 is 11.6 Å². The first-order valence-corrected chi connectivity index (χ1v) is 4.49. The summed E-state index contributed by atoms with van der Waals surface area (Å²) in [5.74, 6) is -0.432. The third-order valence-corrected chi connectivity index (χ3v) is 1.90. The Morgan fingerprint density at radius 1 is 1.50 bits per heavy atom. The lowest BCUT2D eigenvalue weighted by atomic mass is 10.3. The highest BCUT2D eigenvalue weighted by atomic mass is 35.5. The number of allylic oxidation sites excluding steroid dienone is 1. The van der Waals surface area contributed by atoms with Crippen LogP contribution in [-0.4, -0.2) is 10.1 Å². The second-order valence-corrected chi connectivity index (χ2v) is 3.05. The smallest absolute Gasteiger partial charge is 0.321 e. The Balaban J connectivity index is 3.00. The number of aliphatic imine (C=N–C) groups is 1. The fourth-order valence-electron chi connectivity index (χ4n) is 0.891. The zero-order valence-corrected chi connectivity index (χ0v) is 8.69. The molecule has 0 fully saturated rings. The van der Waals surface area contributed by atoms with E-state index in [1.165, 1.54) is 24.3 Å². The maximum Gasteiger partial charge on any atom is 0.321 e. The van der Waals surface area contributed by atoms with Crippen LogP contribution in [0.4, 0.5) is 10.1 Å². The quantitative estimate of drug-likeness (QED) is 0.502. The molecule has 2 N–H and O–H groups in total. The molecule has 7 heteroatoms. The van der Waals surface area contributed by atoms with Gasteiger partial charge in [0.05, 0.1) is 16.8 Å². The zero-order valence-electron chi connectivity index (χ0n) is 7.93. The van der Waals surface area contributed by atoms with Gasteiger partial charge in [-0.25, -0.2) is 9.38 Å². The van der Waals surface area contributed by atoms with Crippen molar-refractivity contribution in [1.82, 2.24) is 0 Å². The van der Waals surface area contributed by atoms with Crippen molar-refractivity contribution in [2.45, 2.75) is 0 Å². The van der Waals surface area contributed by atoms with Crippen molar-refractivity contribution in [3.8, 4) is 0 Å². The molecule has 0 bridgehead atoms. The van der Waals surface area contributed by atoms with Gasteiger partial charge in [-0.3, -0.25) is 10.1 Å². The lowest BCUT2D eigenvalue weighted by Crippen LogP contribution is -2.08. The lowest BCUT2D eigenvalue weighted by Gasteiger charge is -1.96. The first-order valence-electron chi connectivity index (χ1n) is 4.11. The summed E-state index contributed by atoms with van der Waals surface area (Å²) in [4.78, 5) is 13.4. The summed E-state index contributed by atoms with van der Waals surface area (Å²) < 4.78 is 12.6. The van der Waals surface area contributed by atoms with Crippen LogP contribution in [0.25, 0.3) is 0 Å². The van der Waals surface area contributed by atoms with Gasteiger partial charge in [0.1, 0.15) is 5.82 Å². The van der Waals surface area contributed by atoms with E-state index in [0.29, 0.717) is 5.69 Å². The zero-order chi connectivity index (χ0) is 12.1. The van der Waals surface area contributed by atoms with Gasteiger partial charge in [-0.1, -0.05) is 11.6 Å². The van der Waals surface area contributed by atoms with E-state index in [-0.39, 0.29) is 5.17 Å². The van der Waals surface area contributed by atoms with E-state index < -0.39 is 16.4 Å². The molecule has 0 atom stereocenters. The standard InChI is InChI=1S/C9H7ClFN3O2/c10-9(8(5-12)14(15)16)13-7-3-1-6(11)2-4-7/h1-5H,12H2. The first-order chi connectivity index (χ1) is 7.54. The second-order valence-electron chi connectivity index (χ2n) is 2.69. The van der Waals surface area contributed by atoms with E-state index in [0.717, 1.165) is 6.20 Å². The van der Waals surface area contributed by atoms with Gasteiger partial charge in [0.25, 0.3) is 0 Å². The van der Waals surface area contributed by atoms with E-state index in [4.69, 9.17) is 17.3 Å². The number of nitrogens with two attached hydrogens (primary N) is 1. The number of rotatable bonds is 3. The largest absolute Gasteiger partial charge is 0.399 e. The normalized spacial score (nSPS) is 12.6. The van der Waals surface area contributed by atoms with Crippen LogP contribution in [0.2, 0.25) is 0 Å². The second kappa shape index (κ2) is 5.22. The Kier molecular flexibility index (Phi) is 3.96. The fraction of sp³-hybridized carbons (Fsp3) is 0. The summed E-state index contributed by atoms with van der Waals surface area (Å²) in [6.07, 6.45) is 0.745. The highest BCUT2D eigenvalue weighted by molar-refractivity contribution is 6.69. The third kappa shape index (κ3) is 3.03. The van der Waals surface area contributed by atoms with Crippen molar-refractivity contribution in [2.24, 2.45) is 10.7 Å². The van der Waals surface area contributed by atoms with Gasteiger partial charge < -0.3 is 5.73 Å². The SMILES string of the molecule is NC=C(C(Cl)=Nc1ccc(F)cc1)[N+](=O)[O-]. The van der Waals surface area contributed by atoms with Crippen molar-refractivity contribution in [3.63, 3.8) is 0 Å². The number of hydrogen-bond donors (Lipinski definition) is 1. The van der Waals surface area contributed by atoms with Gasteiger partial charge in [-0.15, -0.1) is 0 Å². The molecule has 0 aromatic heterocycles. The summed E-state index contributed by atoms with van der Waals surface area (Å²) in [6.45, 7) is 0. The molecule has 0 amide bonds. The van der Waals surface area contributed by atoms with Gasteiger partial charge in [0.15, 0.2) is 0 Å². The highest BCUT2D eigenvalue weighted by Gasteiger charge is 2.16. The third-order valence-electron chi connectivity index (χ3n) is 1.62. The van der Waals surface area contributed by atoms with Crippen molar-refractivity contribution in [2.75, 3.05) is 0 Å². The average Bonchev–Trinajstić information content (AvgIpc) is 2.22. The van der Waals surface area contributed by atoms with E-state index >= 15 is 0 Å². The van der Waals surface area contributed by atoms with Gasteiger partial charge in [-0.2, -0.15) is 0 Å². The minimum Gasteiger partial charge on any atom is -0.399 e. The summed E-state index contributed by atoms with van der Waals surface area (Å²) in [5, 5.41) is 10.1. The van der Waals surface area contributed by atoms with E-state index in [9.17, 15) is 14.5 Å². The molecule has 0 aliphatic rings. The van der Waals surface area contributed by atoms with Crippen LogP contribution in [0.5, 0.6) is 0 Å². The number of benzene rings is 1. The molecule has 1 rings (SSSR count). The lowest BCUT2D eigenvalue weighted by molar-refractivity contribution is -0.414. The van der Waals surface area contributed by atoms with Gasteiger partial charge in [-0.05, 0) is 24.3 Å². The number of nitrogens with zero attached hydrogens (tertiary/aromatic N) is 2. The van der Waals surface area contributed by atoms with Crippen LogP contribution < -0.4 is 5.73 Å². The number of halogens is 2. The molecule has 1 aromatic carbocycles. The van der Waals surface area contributed by atoms with E-state index in [2.05, 4.69) is 4.99 Å². The summed E-state index contributed by atoms with van der Waals surface area (Å²) in [6, 6.07) is 5.01. The Morgan fingerprint density at radius 2 is 2.06 bits per heavy atom. The monoisotopic (exact) mass is 243 g/mol. The first kappa shape index (κ1) is 12.1. The molecular formula is C9H7ClFN3O2. The van der Waals surface area contributed by atoms with Crippen molar-refractivity contribution in [3.05, 3.63) is 52.1 Å². The van der Waals surface area contributed by atoms with Crippen LogP contribution in [-0.2, 0) is 0 Å². The maximum atomic E-state index is 12.6. The molecule has 1 aromatic rings. The van der Waals surface area contributed by atoms with Crippen LogP contribution in [0.3, 0.4) is 0 Å². The fourth-order valence-corrected chi connectivity index (χ4v) is 1.12. The molecule has 0 saturated carbocycles. The average molecular weight is 244 g/mol. The predicted octanol–water partition coefficient (Wildman–Crippen LogP) is 2.17. The van der Waals surface area contributed by atoms with Crippen LogP contribution in [0.15, 0.2) is 41.2 Å². The molecule has 0 unspecified atom stereocenters. The number of hydrogen-bond acceptors (Lipinski definition) is 4. The summed E-state index contributed by atoms with van der Waals surface area (Å²) >= 11 is 5.58. The highest BCUT2D eigenvalue weighted by Crippen LogP contribution is 2.15. The molecular weight excluding hydrogens is 237 g/mol. The Hall–Kier alpha value is -1.95. The van der Waals surface area contributed by atoms with Gasteiger partial charge >= 0.3 is 5.70 Å². The molecule has 0 aliphatic heterocycles. The molecule has 0 spiro atoms. The van der Waals surface area contributed by atoms with Crippen molar-refractivity contribution >= 4 is 22.5 Å². The van der Waals surface area contributed by atoms with Crippen molar-refractivity contribution < 1.29 is 9.31 Å². The molecule has 84 valence electrons. The Morgan fingerprint density at radius 3 is 2.50 bits per heavy atom. The van der Waals surface area contributed by atoms with Crippen molar-refractivity contribution in [1.29, 1.82) is 0 Å². The predicted molar refractivity (Wildman–Crippen MR) is 58.6 cm³/mol. The molecule has 16 heavy (non-hydrogen) atoms.